The van der Waals surface area contributed by atoms with Crippen molar-refractivity contribution in [3.8, 4) is 0 Å². The van der Waals surface area contributed by atoms with Crippen LogP contribution in [-0.4, -0.2) is 18.5 Å². The fraction of sp³-hybridized carbons (Fsp3) is 0.944. The third-order valence-corrected chi connectivity index (χ3v) is 6.65. The SMILES string of the molecule is CC(CN)CCC(=O)NC(C)C12CC3CC(CC(C3)C1)C2. The van der Waals surface area contributed by atoms with Gasteiger partial charge in [-0.1, -0.05) is 6.92 Å². The first-order valence-corrected chi connectivity index (χ1v) is 9.00. The maximum Gasteiger partial charge on any atom is 0.220 e. The molecule has 1 amide bonds. The summed E-state index contributed by atoms with van der Waals surface area (Å²) in [7, 11) is 0. The van der Waals surface area contributed by atoms with Gasteiger partial charge in [-0.25, -0.2) is 0 Å². The average molecular weight is 292 g/mol. The molecule has 4 aliphatic carbocycles. The third kappa shape index (κ3) is 3.13. The molecule has 0 radical (unpaired) electrons. The summed E-state index contributed by atoms with van der Waals surface area (Å²) in [6, 6.07) is 0.353. The second-order valence-electron chi connectivity index (χ2n) is 8.45. The van der Waals surface area contributed by atoms with E-state index in [1.807, 2.05) is 0 Å². The fourth-order valence-electron chi connectivity index (χ4n) is 5.67. The van der Waals surface area contributed by atoms with E-state index in [2.05, 4.69) is 19.2 Å². The number of carbonyl (C=O) groups excluding carboxylic acids is 1. The molecular formula is C18H32N2O. The van der Waals surface area contributed by atoms with E-state index in [4.69, 9.17) is 5.73 Å². The molecule has 3 nitrogen and oxygen atoms in total. The summed E-state index contributed by atoms with van der Waals surface area (Å²) < 4.78 is 0. The zero-order valence-corrected chi connectivity index (χ0v) is 13.7. The molecule has 4 saturated carbocycles. The van der Waals surface area contributed by atoms with Crippen molar-refractivity contribution in [3.63, 3.8) is 0 Å². The number of nitrogens with two attached hydrogens (primary N) is 1. The lowest BCUT2D eigenvalue weighted by atomic mass is 9.48. The molecule has 21 heavy (non-hydrogen) atoms. The van der Waals surface area contributed by atoms with Crippen molar-refractivity contribution in [2.45, 2.75) is 71.3 Å². The highest BCUT2D eigenvalue weighted by atomic mass is 16.1. The van der Waals surface area contributed by atoms with E-state index >= 15 is 0 Å². The van der Waals surface area contributed by atoms with Crippen LogP contribution in [0.5, 0.6) is 0 Å². The standard InChI is InChI=1S/C18H32N2O/c1-12(11-19)3-4-17(21)20-13(2)18-8-14-5-15(9-18)7-16(6-14)10-18/h12-16H,3-11,19H2,1-2H3,(H,20,21). The van der Waals surface area contributed by atoms with Crippen LogP contribution in [0.15, 0.2) is 0 Å². The summed E-state index contributed by atoms with van der Waals surface area (Å²) in [6.45, 7) is 5.06. The number of carbonyl (C=O) groups is 1. The number of hydrogen-bond acceptors (Lipinski definition) is 2. The minimum atomic E-state index is 0.235. The first-order valence-electron chi connectivity index (χ1n) is 9.00. The van der Waals surface area contributed by atoms with Gasteiger partial charge in [0.2, 0.25) is 5.91 Å². The molecule has 0 aromatic carbocycles. The summed E-state index contributed by atoms with van der Waals surface area (Å²) in [5.41, 5.74) is 6.05. The third-order valence-electron chi connectivity index (χ3n) is 6.65. The van der Waals surface area contributed by atoms with Crippen LogP contribution in [0.2, 0.25) is 0 Å². The summed E-state index contributed by atoms with van der Waals surface area (Å²) >= 11 is 0. The lowest BCUT2D eigenvalue weighted by Crippen LogP contribution is -2.55. The second kappa shape index (κ2) is 5.91. The van der Waals surface area contributed by atoms with Gasteiger partial charge in [-0.05, 0) is 87.5 Å². The molecule has 0 aromatic heterocycles. The van der Waals surface area contributed by atoms with Crippen LogP contribution >= 0.6 is 0 Å². The Morgan fingerprint density at radius 1 is 1.14 bits per heavy atom. The maximum atomic E-state index is 12.2. The molecule has 0 saturated heterocycles. The Balaban J connectivity index is 1.55. The summed E-state index contributed by atoms with van der Waals surface area (Å²) in [6.07, 6.45) is 10.0. The van der Waals surface area contributed by atoms with Gasteiger partial charge in [-0.3, -0.25) is 4.79 Å². The predicted octanol–water partition coefficient (Wildman–Crippen LogP) is 3.08. The highest BCUT2D eigenvalue weighted by Crippen LogP contribution is 2.61. The number of hydrogen-bond donors (Lipinski definition) is 2. The highest BCUT2D eigenvalue weighted by Gasteiger charge is 2.53. The molecule has 4 fully saturated rings. The van der Waals surface area contributed by atoms with Gasteiger partial charge in [0.15, 0.2) is 0 Å². The molecule has 3 heteroatoms. The molecule has 2 unspecified atom stereocenters. The first kappa shape index (κ1) is 15.3. The summed E-state index contributed by atoms with van der Waals surface area (Å²) in [5.74, 6) is 3.54. The molecular weight excluding hydrogens is 260 g/mol. The fourth-order valence-corrected chi connectivity index (χ4v) is 5.67. The first-order chi connectivity index (χ1) is 10.0. The predicted molar refractivity (Wildman–Crippen MR) is 85.7 cm³/mol. The van der Waals surface area contributed by atoms with Crippen molar-refractivity contribution in [2.75, 3.05) is 6.54 Å². The largest absolute Gasteiger partial charge is 0.353 e. The van der Waals surface area contributed by atoms with Gasteiger partial charge in [-0.2, -0.15) is 0 Å². The quantitative estimate of drug-likeness (QED) is 0.790. The van der Waals surface area contributed by atoms with E-state index in [-0.39, 0.29) is 5.91 Å². The molecule has 2 atom stereocenters. The van der Waals surface area contributed by atoms with E-state index in [9.17, 15) is 4.79 Å². The Bertz CT molecular complexity index is 357. The van der Waals surface area contributed by atoms with Crippen molar-refractivity contribution < 1.29 is 4.79 Å². The number of amides is 1. The zero-order chi connectivity index (χ0) is 15.0. The number of nitrogens with one attached hydrogen (secondary N) is 1. The van der Waals surface area contributed by atoms with Gasteiger partial charge in [0.1, 0.15) is 0 Å². The molecule has 3 N–H and O–H groups in total. The highest BCUT2D eigenvalue weighted by molar-refractivity contribution is 5.76. The normalized spacial score (nSPS) is 40.0. The molecule has 0 spiro atoms. The van der Waals surface area contributed by atoms with Gasteiger partial charge >= 0.3 is 0 Å². The van der Waals surface area contributed by atoms with E-state index in [1.165, 1.54) is 38.5 Å². The maximum absolute atomic E-state index is 12.2. The lowest BCUT2D eigenvalue weighted by Gasteiger charge is -2.59. The van der Waals surface area contributed by atoms with Crippen molar-refractivity contribution in [3.05, 3.63) is 0 Å². The molecule has 4 bridgehead atoms. The summed E-state index contributed by atoms with van der Waals surface area (Å²) in [4.78, 5) is 12.2. The lowest BCUT2D eigenvalue weighted by molar-refractivity contribution is -0.126. The Kier molecular flexibility index (Phi) is 4.31. The monoisotopic (exact) mass is 292 g/mol. The Morgan fingerprint density at radius 2 is 1.67 bits per heavy atom. The molecule has 0 heterocycles. The average Bonchev–Trinajstić information content (AvgIpc) is 2.43. The molecule has 4 rings (SSSR count). The molecule has 0 aliphatic heterocycles. The Morgan fingerprint density at radius 3 is 2.14 bits per heavy atom. The van der Waals surface area contributed by atoms with Crippen molar-refractivity contribution in [1.82, 2.24) is 5.32 Å². The van der Waals surface area contributed by atoms with Crippen molar-refractivity contribution >= 4 is 5.91 Å². The second-order valence-corrected chi connectivity index (χ2v) is 8.45. The van der Waals surface area contributed by atoms with Crippen LogP contribution in [0.1, 0.15) is 65.2 Å². The van der Waals surface area contributed by atoms with Gasteiger partial charge in [0.05, 0.1) is 0 Å². The van der Waals surface area contributed by atoms with Crippen LogP contribution in [0.25, 0.3) is 0 Å². The van der Waals surface area contributed by atoms with Gasteiger partial charge in [0, 0.05) is 12.5 Å². The van der Waals surface area contributed by atoms with Gasteiger partial charge in [-0.15, -0.1) is 0 Å². The number of rotatable bonds is 6. The van der Waals surface area contributed by atoms with Crippen LogP contribution in [-0.2, 0) is 4.79 Å². The molecule has 120 valence electrons. The van der Waals surface area contributed by atoms with Crippen LogP contribution in [0.4, 0.5) is 0 Å². The minimum Gasteiger partial charge on any atom is -0.353 e. The zero-order valence-electron chi connectivity index (χ0n) is 13.7. The smallest absolute Gasteiger partial charge is 0.220 e. The van der Waals surface area contributed by atoms with E-state index < -0.39 is 0 Å². The minimum absolute atomic E-state index is 0.235. The topological polar surface area (TPSA) is 55.1 Å². The van der Waals surface area contributed by atoms with E-state index in [0.717, 1.165) is 24.2 Å². The van der Waals surface area contributed by atoms with Gasteiger partial charge in [0.25, 0.3) is 0 Å². The van der Waals surface area contributed by atoms with E-state index in [1.54, 1.807) is 0 Å². The van der Waals surface area contributed by atoms with Crippen LogP contribution < -0.4 is 11.1 Å². The Hall–Kier alpha value is -0.570. The van der Waals surface area contributed by atoms with Crippen LogP contribution in [0, 0.1) is 29.1 Å². The van der Waals surface area contributed by atoms with Gasteiger partial charge < -0.3 is 11.1 Å². The Labute approximate surface area is 129 Å². The van der Waals surface area contributed by atoms with Crippen molar-refractivity contribution in [1.29, 1.82) is 0 Å². The summed E-state index contributed by atoms with van der Waals surface area (Å²) in [5, 5.41) is 3.34. The van der Waals surface area contributed by atoms with Crippen molar-refractivity contribution in [2.24, 2.45) is 34.8 Å². The molecule has 4 aliphatic rings. The van der Waals surface area contributed by atoms with E-state index in [0.29, 0.717) is 30.3 Å². The van der Waals surface area contributed by atoms with Crippen LogP contribution in [0.3, 0.4) is 0 Å². The molecule has 0 aromatic rings.